The van der Waals surface area contributed by atoms with Crippen molar-refractivity contribution >= 4 is 13.8 Å². The summed E-state index contributed by atoms with van der Waals surface area (Å²) in [5, 5.41) is 0. The molecule has 0 aromatic carbocycles. The Bertz CT molecular complexity index is 994. The summed E-state index contributed by atoms with van der Waals surface area (Å²) in [5.41, 5.74) is 0. The molecule has 0 aromatic heterocycles. The van der Waals surface area contributed by atoms with Crippen LogP contribution in [-0.4, -0.2) is 75.6 Å². The van der Waals surface area contributed by atoms with Crippen LogP contribution in [0.1, 0.15) is 200 Å². The molecule has 0 bridgehead atoms. The number of unbranched alkanes of at least 4 members (excludes halogenated alkanes) is 23. The fourth-order valence-corrected chi connectivity index (χ4v) is 7.13. The van der Waals surface area contributed by atoms with Gasteiger partial charge in [0.15, 0.2) is 0 Å². The average Bonchev–Trinajstić information content (AvgIpc) is 3.15. The van der Waals surface area contributed by atoms with Crippen molar-refractivity contribution < 1.29 is 37.3 Å². The van der Waals surface area contributed by atoms with Gasteiger partial charge in [-0.25, -0.2) is 4.57 Å². The van der Waals surface area contributed by atoms with Gasteiger partial charge in [-0.3, -0.25) is 13.8 Å². The number of phosphoric acid groups is 1. The number of esters is 1. The molecule has 9 heteroatoms. The summed E-state index contributed by atoms with van der Waals surface area (Å²) >= 11 is 0. The summed E-state index contributed by atoms with van der Waals surface area (Å²) in [7, 11) is 1.66. The summed E-state index contributed by atoms with van der Waals surface area (Å²) in [6, 6.07) is 0. The monoisotopic (exact) mass is 813 g/mol. The van der Waals surface area contributed by atoms with E-state index in [0.717, 1.165) is 57.8 Å². The Labute approximate surface area is 346 Å². The van der Waals surface area contributed by atoms with Gasteiger partial charge in [-0.05, 0) is 44.9 Å². The zero-order valence-corrected chi connectivity index (χ0v) is 38.3. The number of carbonyl (C=O) groups excluding carboxylic acids is 1. The van der Waals surface area contributed by atoms with Gasteiger partial charge in [0.25, 0.3) is 0 Å². The summed E-state index contributed by atoms with van der Waals surface area (Å²) < 4.78 is 35.1. The lowest BCUT2D eigenvalue weighted by Crippen LogP contribution is -2.37. The number of carbonyl (C=O) groups is 1. The van der Waals surface area contributed by atoms with Crippen LogP contribution in [0.25, 0.3) is 0 Å². The van der Waals surface area contributed by atoms with E-state index in [2.05, 4.69) is 50.3 Å². The summed E-state index contributed by atoms with van der Waals surface area (Å²) in [6.45, 7) is 5.53. The van der Waals surface area contributed by atoms with Crippen molar-refractivity contribution in [2.24, 2.45) is 0 Å². The molecule has 0 heterocycles. The van der Waals surface area contributed by atoms with Crippen LogP contribution in [0.3, 0.4) is 0 Å². The number of rotatable bonds is 43. The van der Waals surface area contributed by atoms with Gasteiger partial charge in [0, 0.05) is 13.0 Å². The van der Waals surface area contributed by atoms with Gasteiger partial charge < -0.3 is 18.9 Å². The first kappa shape index (κ1) is 54.7. The van der Waals surface area contributed by atoms with Gasteiger partial charge >= 0.3 is 13.8 Å². The summed E-state index contributed by atoms with van der Waals surface area (Å²) in [6.07, 6.45) is 47.5. The first-order chi connectivity index (χ1) is 27.1. The summed E-state index contributed by atoms with van der Waals surface area (Å²) in [4.78, 5) is 22.9. The minimum Gasteiger partial charge on any atom is -0.457 e. The maximum Gasteiger partial charge on any atom is 0.472 e. The second-order valence-electron chi connectivity index (χ2n) is 16.8. The molecule has 2 unspecified atom stereocenters. The second-order valence-corrected chi connectivity index (χ2v) is 18.2. The lowest BCUT2D eigenvalue weighted by atomic mass is 10.0. The second kappa shape index (κ2) is 40.5. The van der Waals surface area contributed by atoms with Gasteiger partial charge in [0.2, 0.25) is 0 Å². The normalized spacial score (nSPS) is 14.0. The Morgan fingerprint density at radius 2 is 1.04 bits per heavy atom. The zero-order valence-electron chi connectivity index (χ0n) is 37.4. The number of hydrogen-bond donors (Lipinski definition) is 1. The SMILES string of the molecule is CC/C=C\C/C=C\C/C=C\CCCCCCCCCC(=O)OC(COCCCCCCCCCCCCCCCCCCC)COP(=O)(O)OCC[N+](C)(C)C. The Morgan fingerprint density at radius 3 is 1.55 bits per heavy atom. The molecule has 0 fully saturated rings. The molecular formula is C47H91NO7P+. The number of likely N-dealkylation sites (N-methyl/N-ethyl adjacent to an activating group) is 1. The first-order valence-electron chi connectivity index (χ1n) is 23.2. The Morgan fingerprint density at radius 1 is 0.571 bits per heavy atom. The maximum absolute atomic E-state index is 12.7. The van der Waals surface area contributed by atoms with Crippen LogP contribution in [0, 0.1) is 0 Å². The predicted octanol–water partition coefficient (Wildman–Crippen LogP) is 13.8. The standard InChI is InChI=1S/C47H90NO7P/c1-6-8-10-12-14-16-18-20-22-24-26-28-30-32-34-36-38-40-47(49)55-46(45-54-56(50,51)53-43-41-48(3,4)5)44-52-42-39-37-35-33-31-29-27-25-23-21-19-17-15-13-11-9-7-2/h8,10,14,16,20,22,46H,6-7,9,11-13,15,17-19,21,23-45H2,1-5H3/p+1/b10-8-,16-14-,22-20-. The van der Waals surface area contributed by atoms with Crippen LogP contribution >= 0.6 is 7.82 Å². The van der Waals surface area contributed by atoms with E-state index in [1.165, 1.54) is 122 Å². The predicted molar refractivity (Wildman–Crippen MR) is 238 cm³/mol. The molecule has 0 rings (SSSR count). The van der Waals surface area contributed by atoms with Crippen molar-refractivity contribution in [3.05, 3.63) is 36.5 Å². The molecule has 0 aliphatic heterocycles. The molecule has 0 aliphatic carbocycles. The zero-order chi connectivity index (χ0) is 41.3. The van der Waals surface area contributed by atoms with E-state index in [-0.39, 0.29) is 25.8 Å². The molecule has 0 radical (unpaired) electrons. The largest absolute Gasteiger partial charge is 0.472 e. The van der Waals surface area contributed by atoms with Crippen molar-refractivity contribution in [3.63, 3.8) is 0 Å². The van der Waals surface area contributed by atoms with Crippen LogP contribution in [-0.2, 0) is 27.9 Å². The van der Waals surface area contributed by atoms with Crippen molar-refractivity contribution in [1.29, 1.82) is 0 Å². The van der Waals surface area contributed by atoms with E-state index >= 15 is 0 Å². The minimum atomic E-state index is -4.28. The highest BCUT2D eigenvalue weighted by Crippen LogP contribution is 2.43. The number of hydrogen-bond acceptors (Lipinski definition) is 6. The van der Waals surface area contributed by atoms with Crippen LogP contribution in [0.4, 0.5) is 0 Å². The molecule has 1 N–H and O–H groups in total. The molecular weight excluding hydrogens is 721 g/mol. The molecule has 0 saturated carbocycles. The van der Waals surface area contributed by atoms with Gasteiger partial charge in [-0.1, -0.05) is 185 Å². The van der Waals surface area contributed by atoms with E-state index in [9.17, 15) is 14.3 Å². The van der Waals surface area contributed by atoms with Gasteiger partial charge in [0.1, 0.15) is 19.3 Å². The third-order valence-electron chi connectivity index (χ3n) is 9.97. The van der Waals surface area contributed by atoms with Crippen LogP contribution < -0.4 is 0 Å². The lowest BCUT2D eigenvalue weighted by molar-refractivity contribution is -0.870. The van der Waals surface area contributed by atoms with E-state index in [0.29, 0.717) is 24.1 Å². The van der Waals surface area contributed by atoms with Crippen molar-refractivity contribution in [2.75, 3.05) is 54.1 Å². The third-order valence-corrected chi connectivity index (χ3v) is 11.0. The van der Waals surface area contributed by atoms with Crippen molar-refractivity contribution in [1.82, 2.24) is 0 Å². The fourth-order valence-electron chi connectivity index (χ4n) is 6.39. The topological polar surface area (TPSA) is 91.3 Å². The van der Waals surface area contributed by atoms with E-state index in [1.807, 2.05) is 21.1 Å². The van der Waals surface area contributed by atoms with Crippen LogP contribution in [0.15, 0.2) is 36.5 Å². The molecule has 56 heavy (non-hydrogen) atoms. The van der Waals surface area contributed by atoms with Crippen molar-refractivity contribution in [3.8, 4) is 0 Å². The van der Waals surface area contributed by atoms with Crippen LogP contribution in [0.5, 0.6) is 0 Å². The van der Waals surface area contributed by atoms with E-state index in [1.54, 1.807) is 0 Å². The van der Waals surface area contributed by atoms with Gasteiger partial charge in [-0.2, -0.15) is 0 Å². The molecule has 0 aliphatic rings. The molecule has 0 aromatic rings. The quantitative estimate of drug-likeness (QED) is 0.0215. The molecule has 0 spiro atoms. The third kappa shape index (κ3) is 43.8. The highest BCUT2D eigenvalue weighted by Gasteiger charge is 2.26. The Hall–Kier alpha value is -1.28. The molecule has 0 saturated heterocycles. The number of quaternary nitrogens is 1. The van der Waals surface area contributed by atoms with Crippen LogP contribution in [0.2, 0.25) is 0 Å². The number of allylic oxidation sites excluding steroid dienone is 6. The number of nitrogens with zero attached hydrogens (tertiary/aromatic N) is 1. The number of ether oxygens (including phenoxy) is 2. The molecule has 8 nitrogen and oxygen atoms in total. The Balaban J connectivity index is 4.20. The molecule has 0 amide bonds. The first-order valence-corrected chi connectivity index (χ1v) is 24.7. The summed E-state index contributed by atoms with van der Waals surface area (Å²) in [5.74, 6) is -0.321. The van der Waals surface area contributed by atoms with Gasteiger partial charge in [-0.15, -0.1) is 0 Å². The van der Waals surface area contributed by atoms with Crippen molar-refractivity contribution in [2.45, 2.75) is 206 Å². The minimum absolute atomic E-state index is 0.0873. The maximum atomic E-state index is 12.7. The smallest absolute Gasteiger partial charge is 0.457 e. The molecule has 330 valence electrons. The van der Waals surface area contributed by atoms with Gasteiger partial charge in [0.05, 0.1) is 34.4 Å². The lowest BCUT2D eigenvalue weighted by Gasteiger charge is -2.24. The number of phosphoric ester groups is 1. The average molecular weight is 813 g/mol. The Kier molecular flexibility index (Phi) is 39.6. The fraction of sp³-hybridized carbons (Fsp3) is 0.851. The highest BCUT2D eigenvalue weighted by molar-refractivity contribution is 7.47. The molecule has 2 atom stereocenters. The van der Waals surface area contributed by atoms with E-state index in [4.69, 9.17) is 18.5 Å². The van der Waals surface area contributed by atoms with E-state index < -0.39 is 13.9 Å². The highest BCUT2D eigenvalue weighted by atomic mass is 31.2.